The van der Waals surface area contributed by atoms with E-state index in [0.29, 0.717) is 6.54 Å². The SMILES string of the molecule is C=CCNC(=O)[C@@H](C)Sc1ccc(S(C)(=O)=O)cc1. The molecule has 0 aliphatic rings. The van der Waals surface area contributed by atoms with Crippen LogP contribution in [-0.4, -0.2) is 32.4 Å². The fraction of sp³-hybridized carbons (Fsp3) is 0.308. The van der Waals surface area contributed by atoms with Gasteiger partial charge in [0, 0.05) is 17.7 Å². The number of thioether (sulfide) groups is 1. The number of nitrogens with one attached hydrogen (secondary N) is 1. The first-order valence-electron chi connectivity index (χ1n) is 5.70. The predicted octanol–water partition coefficient (Wildman–Crippen LogP) is 1.87. The topological polar surface area (TPSA) is 63.2 Å². The number of rotatable bonds is 6. The van der Waals surface area contributed by atoms with E-state index in [4.69, 9.17) is 0 Å². The van der Waals surface area contributed by atoms with Gasteiger partial charge in [-0.15, -0.1) is 18.3 Å². The second-order valence-electron chi connectivity index (χ2n) is 4.04. The molecule has 1 atom stereocenters. The molecular weight excluding hydrogens is 282 g/mol. The Kier molecular flexibility index (Phi) is 5.62. The molecule has 0 saturated carbocycles. The molecule has 6 heteroatoms. The van der Waals surface area contributed by atoms with E-state index in [-0.39, 0.29) is 16.1 Å². The zero-order valence-electron chi connectivity index (χ0n) is 10.9. The first-order valence-corrected chi connectivity index (χ1v) is 8.47. The number of benzene rings is 1. The standard InChI is InChI=1S/C13H17NO3S2/c1-4-9-14-13(15)10(2)18-11-5-7-12(8-6-11)19(3,16)17/h4-8,10H,1,9H2,2-3H3,(H,14,15)/t10-/m1/s1. The maximum absolute atomic E-state index is 11.7. The lowest BCUT2D eigenvalue weighted by Crippen LogP contribution is -2.30. The average molecular weight is 299 g/mol. The largest absolute Gasteiger partial charge is 0.352 e. The van der Waals surface area contributed by atoms with Crippen LogP contribution >= 0.6 is 11.8 Å². The maximum Gasteiger partial charge on any atom is 0.233 e. The van der Waals surface area contributed by atoms with Gasteiger partial charge in [-0.1, -0.05) is 6.08 Å². The van der Waals surface area contributed by atoms with Gasteiger partial charge in [0.25, 0.3) is 0 Å². The summed E-state index contributed by atoms with van der Waals surface area (Å²) in [6.45, 7) is 5.77. The molecule has 0 bridgehead atoms. The molecule has 19 heavy (non-hydrogen) atoms. The third-order valence-electron chi connectivity index (χ3n) is 2.35. The molecule has 1 amide bonds. The van der Waals surface area contributed by atoms with E-state index < -0.39 is 9.84 Å². The quantitative estimate of drug-likeness (QED) is 0.643. The molecule has 0 aromatic heterocycles. The van der Waals surface area contributed by atoms with E-state index in [1.807, 2.05) is 0 Å². The Labute approximate surface area is 118 Å². The molecule has 0 radical (unpaired) electrons. The molecule has 0 saturated heterocycles. The zero-order chi connectivity index (χ0) is 14.5. The summed E-state index contributed by atoms with van der Waals surface area (Å²) in [6, 6.07) is 6.51. The van der Waals surface area contributed by atoms with Gasteiger partial charge in [-0.2, -0.15) is 0 Å². The van der Waals surface area contributed by atoms with Gasteiger partial charge in [0.1, 0.15) is 0 Å². The lowest BCUT2D eigenvalue weighted by atomic mass is 10.4. The first kappa shape index (κ1) is 15.8. The van der Waals surface area contributed by atoms with Crippen LogP contribution in [0.4, 0.5) is 0 Å². The van der Waals surface area contributed by atoms with Crippen LogP contribution in [0.1, 0.15) is 6.92 Å². The van der Waals surface area contributed by atoms with E-state index in [1.54, 1.807) is 37.3 Å². The lowest BCUT2D eigenvalue weighted by Gasteiger charge is -2.11. The van der Waals surface area contributed by atoms with Crippen LogP contribution in [0.25, 0.3) is 0 Å². The fourth-order valence-electron chi connectivity index (χ4n) is 1.34. The van der Waals surface area contributed by atoms with Gasteiger partial charge in [-0.25, -0.2) is 8.42 Å². The van der Waals surface area contributed by atoms with Crippen molar-refractivity contribution in [3.63, 3.8) is 0 Å². The molecule has 104 valence electrons. The minimum Gasteiger partial charge on any atom is -0.352 e. The third kappa shape index (κ3) is 5.08. The van der Waals surface area contributed by atoms with Crippen LogP contribution in [0.5, 0.6) is 0 Å². The van der Waals surface area contributed by atoms with Crippen LogP contribution in [0, 0.1) is 0 Å². The third-order valence-corrected chi connectivity index (χ3v) is 4.60. The molecule has 0 heterocycles. The monoisotopic (exact) mass is 299 g/mol. The van der Waals surface area contributed by atoms with Gasteiger partial charge in [0.15, 0.2) is 9.84 Å². The molecule has 0 spiro atoms. The summed E-state index contributed by atoms with van der Waals surface area (Å²) in [6.07, 6.45) is 2.79. The Morgan fingerprint density at radius 1 is 1.42 bits per heavy atom. The van der Waals surface area contributed by atoms with Crippen molar-refractivity contribution in [2.45, 2.75) is 22.0 Å². The number of hydrogen-bond donors (Lipinski definition) is 1. The molecule has 1 rings (SSSR count). The highest BCUT2D eigenvalue weighted by Gasteiger charge is 2.14. The Hall–Kier alpha value is -1.27. The van der Waals surface area contributed by atoms with E-state index in [9.17, 15) is 13.2 Å². The highest BCUT2D eigenvalue weighted by molar-refractivity contribution is 8.00. The Morgan fingerprint density at radius 2 is 2.00 bits per heavy atom. The van der Waals surface area contributed by atoms with E-state index >= 15 is 0 Å². The van der Waals surface area contributed by atoms with Crippen LogP contribution in [-0.2, 0) is 14.6 Å². The van der Waals surface area contributed by atoms with E-state index in [0.717, 1.165) is 4.90 Å². The minimum atomic E-state index is -3.18. The molecule has 1 aromatic rings. The van der Waals surface area contributed by atoms with Gasteiger partial charge in [-0.3, -0.25) is 4.79 Å². The smallest absolute Gasteiger partial charge is 0.233 e. The lowest BCUT2D eigenvalue weighted by molar-refractivity contribution is -0.120. The number of amides is 1. The maximum atomic E-state index is 11.7. The van der Waals surface area contributed by atoms with Gasteiger partial charge in [-0.05, 0) is 31.2 Å². The second-order valence-corrected chi connectivity index (χ2v) is 7.47. The summed E-state index contributed by atoms with van der Waals surface area (Å²) in [4.78, 5) is 12.8. The second kappa shape index (κ2) is 6.77. The summed E-state index contributed by atoms with van der Waals surface area (Å²) in [5, 5.41) is 2.47. The normalized spacial score (nSPS) is 12.7. The van der Waals surface area contributed by atoms with E-state index in [1.165, 1.54) is 18.0 Å². The molecule has 1 N–H and O–H groups in total. The fourth-order valence-corrected chi connectivity index (χ4v) is 2.86. The predicted molar refractivity (Wildman–Crippen MR) is 78.1 cm³/mol. The van der Waals surface area contributed by atoms with Crippen LogP contribution in [0.2, 0.25) is 0 Å². The number of hydrogen-bond acceptors (Lipinski definition) is 4. The van der Waals surface area contributed by atoms with Gasteiger partial charge in [0.2, 0.25) is 5.91 Å². The Morgan fingerprint density at radius 3 is 2.47 bits per heavy atom. The van der Waals surface area contributed by atoms with Crippen molar-refractivity contribution in [3.8, 4) is 0 Å². The van der Waals surface area contributed by atoms with E-state index in [2.05, 4.69) is 11.9 Å². The molecule has 4 nitrogen and oxygen atoms in total. The number of sulfone groups is 1. The zero-order valence-corrected chi connectivity index (χ0v) is 12.6. The van der Waals surface area contributed by atoms with Crippen LogP contribution in [0.15, 0.2) is 46.7 Å². The highest BCUT2D eigenvalue weighted by Crippen LogP contribution is 2.24. The van der Waals surface area contributed by atoms with Crippen molar-refractivity contribution in [3.05, 3.63) is 36.9 Å². The summed E-state index contributed by atoms with van der Waals surface area (Å²) >= 11 is 1.38. The molecular formula is C13H17NO3S2. The van der Waals surface area contributed by atoms with Crippen LogP contribution in [0.3, 0.4) is 0 Å². The number of carbonyl (C=O) groups excluding carboxylic acids is 1. The minimum absolute atomic E-state index is 0.0721. The van der Waals surface area contributed by atoms with Gasteiger partial charge >= 0.3 is 0 Å². The Balaban J connectivity index is 2.68. The molecule has 0 aliphatic heterocycles. The van der Waals surface area contributed by atoms with Crippen molar-refractivity contribution in [2.75, 3.05) is 12.8 Å². The van der Waals surface area contributed by atoms with Crippen LogP contribution < -0.4 is 5.32 Å². The first-order chi connectivity index (χ1) is 8.84. The molecule has 0 unspecified atom stereocenters. The van der Waals surface area contributed by atoms with Crippen molar-refractivity contribution >= 4 is 27.5 Å². The average Bonchev–Trinajstić information content (AvgIpc) is 2.35. The Bertz CT molecular complexity index is 550. The van der Waals surface area contributed by atoms with Crippen molar-refractivity contribution < 1.29 is 13.2 Å². The van der Waals surface area contributed by atoms with Crippen molar-refractivity contribution in [1.82, 2.24) is 5.32 Å². The molecule has 0 fully saturated rings. The summed E-state index contributed by atoms with van der Waals surface area (Å²) in [5.41, 5.74) is 0. The van der Waals surface area contributed by atoms with Crippen molar-refractivity contribution in [1.29, 1.82) is 0 Å². The molecule has 1 aromatic carbocycles. The van der Waals surface area contributed by atoms with Gasteiger partial charge < -0.3 is 5.32 Å². The number of carbonyl (C=O) groups is 1. The summed E-state index contributed by atoms with van der Waals surface area (Å²) in [7, 11) is -3.18. The summed E-state index contributed by atoms with van der Waals surface area (Å²) in [5.74, 6) is -0.0721. The summed E-state index contributed by atoms with van der Waals surface area (Å²) < 4.78 is 22.6. The van der Waals surface area contributed by atoms with Gasteiger partial charge in [0.05, 0.1) is 10.1 Å². The molecule has 0 aliphatic carbocycles. The van der Waals surface area contributed by atoms with Crippen molar-refractivity contribution in [2.24, 2.45) is 0 Å². The highest BCUT2D eigenvalue weighted by atomic mass is 32.2.